The largest absolute Gasteiger partial charge is 0.454 e. The summed E-state index contributed by atoms with van der Waals surface area (Å²) in [6.07, 6.45) is 4.57. The summed E-state index contributed by atoms with van der Waals surface area (Å²) in [4.78, 5) is 16.7. The van der Waals surface area contributed by atoms with Crippen molar-refractivity contribution in [1.82, 2.24) is 0 Å². The molecule has 0 aromatic carbocycles. The van der Waals surface area contributed by atoms with Gasteiger partial charge in [0.15, 0.2) is 6.04 Å². The van der Waals surface area contributed by atoms with Crippen LogP contribution >= 0.6 is 0 Å². The SMILES string of the molecule is C=CC[C@@H]1N=C2[C@H](OC1=O)[C@H]1CC[C@]2(C)C1(C)C. The number of nitrogens with zero attached hydrogens (tertiary/aromatic N) is 1. The Hall–Kier alpha value is -1.12. The maximum Gasteiger partial charge on any atom is 0.331 e. The molecule has 0 radical (unpaired) electrons. The Bertz CT molecular complexity index is 451. The van der Waals surface area contributed by atoms with Crippen molar-refractivity contribution in [2.75, 3.05) is 0 Å². The predicted molar refractivity (Wildman–Crippen MR) is 70.5 cm³/mol. The van der Waals surface area contributed by atoms with E-state index < -0.39 is 0 Å². The van der Waals surface area contributed by atoms with E-state index >= 15 is 0 Å². The summed E-state index contributed by atoms with van der Waals surface area (Å²) in [6.45, 7) is 10.6. The molecule has 1 aliphatic heterocycles. The number of carbonyl (C=O) groups is 1. The van der Waals surface area contributed by atoms with Gasteiger partial charge in [0.25, 0.3) is 0 Å². The van der Waals surface area contributed by atoms with Gasteiger partial charge in [-0.15, -0.1) is 6.58 Å². The number of fused-ring (bicyclic) bond motifs is 5. The molecule has 2 saturated carbocycles. The Kier molecular flexibility index (Phi) is 2.30. The zero-order valence-corrected chi connectivity index (χ0v) is 11.4. The molecule has 1 heterocycles. The lowest BCUT2D eigenvalue weighted by atomic mass is 9.70. The van der Waals surface area contributed by atoms with E-state index in [1.54, 1.807) is 6.08 Å². The van der Waals surface area contributed by atoms with Crippen LogP contribution in [0.3, 0.4) is 0 Å². The standard InChI is InChI=1S/C15H21NO2/c1-5-6-10-13(17)18-11-9-7-8-15(4,12(11)16-10)14(9,2)3/h5,9-11H,1,6-8H2,2-4H3/t9-,10+,11-,15+/m1/s1. The van der Waals surface area contributed by atoms with Gasteiger partial charge in [-0.2, -0.15) is 0 Å². The van der Waals surface area contributed by atoms with Crippen molar-refractivity contribution in [3.8, 4) is 0 Å². The van der Waals surface area contributed by atoms with Crippen LogP contribution in [0.2, 0.25) is 0 Å². The van der Waals surface area contributed by atoms with Crippen molar-refractivity contribution in [3.63, 3.8) is 0 Å². The number of hydrogen-bond donors (Lipinski definition) is 0. The fraction of sp³-hybridized carbons (Fsp3) is 0.733. The molecule has 3 heteroatoms. The van der Waals surface area contributed by atoms with Crippen molar-refractivity contribution in [2.45, 2.75) is 52.2 Å². The smallest absolute Gasteiger partial charge is 0.331 e. The van der Waals surface area contributed by atoms with E-state index in [2.05, 4.69) is 27.4 Å². The molecule has 4 atom stereocenters. The molecule has 0 unspecified atom stereocenters. The summed E-state index contributed by atoms with van der Waals surface area (Å²) in [5, 5.41) is 0. The molecule has 3 rings (SSSR count). The fourth-order valence-electron chi connectivity index (χ4n) is 4.11. The zero-order valence-electron chi connectivity index (χ0n) is 11.4. The summed E-state index contributed by atoms with van der Waals surface area (Å²) in [5.74, 6) is 0.269. The summed E-state index contributed by atoms with van der Waals surface area (Å²) >= 11 is 0. The molecule has 2 aliphatic carbocycles. The number of ether oxygens (including phenoxy) is 1. The van der Waals surface area contributed by atoms with Gasteiger partial charge in [-0.3, -0.25) is 4.99 Å². The monoisotopic (exact) mass is 247 g/mol. The minimum absolute atomic E-state index is 0.0627. The van der Waals surface area contributed by atoms with Gasteiger partial charge in [0.1, 0.15) is 6.10 Å². The maximum atomic E-state index is 11.9. The third-order valence-electron chi connectivity index (χ3n) is 5.70. The molecule has 0 spiro atoms. The molecule has 0 N–H and O–H groups in total. The molecule has 3 nitrogen and oxygen atoms in total. The first-order chi connectivity index (χ1) is 8.41. The minimum atomic E-state index is -0.360. The van der Waals surface area contributed by atoms with Crippen molar-refractivity contribution in [3.05, 3.63) is 12.7 Å². The number of hydrogen-bond acceptors (Lipinski definition) is 3. The highest BCUT2D eigenvalue weighted by atomic mass is 16.5. The summed E-state index contributed by atoms with van der Waals surface area (Å²) in [5.41, 5.74) is 1.41. The van der Waals surface area contributed by atoms with E-state index in [0.29, 0.717) is 12.3 Å². The average molecular weight is 247 g/mol. The minimum Gasteiger partial charge on any atom is -0.454 e. The Labute approximate surface area is 108 Å². The fourth-order valence-corrected chi connectivity index (χ4v) is 4.11. The Morgan fingerprint density at radius 2 is 2.22 bits per heavy atom. The summed E-state index contributed by atoms with van der Waals surface area (Å²) in [7, 11) is 0. The number of rotatable bonds is 2. The zero-order chi connectivity index (χ0) is 13.1. The first-order valence-corrected chi connectivity index (χ1v) is 6.81. The van der Waals surface area contributed by atoms with Crippen LogP contribution in [0.1, 0.15) is 40.0 Å². The van der Waals surface area contributed by atoms with Gasteiger partial charge in [-0.25, -0.2) is 4.79 Å². The molecule has 2 fully saturated rings. The highest BCUT2D eigenvalue weighted by Gasteiger charge is 2.67. The van der Waals surface area contributed by atoms with Crippen molar-refractivity contribution in [1.29, 1.82) is 0 Å². The van der Waals surface area contributed by atoms with Crippen LogP contribution in [0.5, 0.6) is 0 Å². The molecule has 3 aliphatic rings. The molecule has 18 heavy (non-hydrogen) atoms. The van der Waals surface area contributed by atoms with Gasteiger partial charge < -0.3 is 4.74 Å². The first kappa shape index (κ1) is 11.9. The lowest BCUT2D eigenvalue weighted by Crippen LogP contribution is -2.44. The quantitative estimate of drug-likeness (QED) is 0.556. The van der Waals surface area contributed by atoms with E-state index in [4.69, 9.17) is 9.73 Å². The Morgan fingerprint density at radius 3 is 2.89 bits per heavy atom. The summed E-state index contributed by atoms with van der Waals surface area (Å²) < 4.78 is 5.69. The number of aliphatic imine (C=N–C) groups is 1. The molecular formula is C15H21NO2. The van der Waals surface area contributed by atoms with Crippen molar-refractivity contribution in [2.24, 2.45) is 21.7 Å². The normalized spacial score (nSPS) is 44.3. The highest BCUT2D eigenvalue weighted by molar-refractivity contribution is 6.02. The number of esters is 1. The van der Waals surface area contributed by atoms with Gasteiger partial charge in [-0.1, -0.05) is 26.8 Å². The van der Waals surface area contributed by atoms with Gasteiger partial charge in [-0.05, 0) is 24.7 Å². The van der Waals surface area contributed by atoms with Crippen LogP contribution in [-0.4, -0.2) is 23.8 Å². The molecule has 0 saturated heterocycles. The molecule has 98 valence electrons. The highest BCUT2D eigenvalue weighted by Crippen LogP contribution is 2.65. The molecular weight excluding hydrogens is 226 g/mol. The second-order valence-corrected chi connectivity index (χ2v) is 6.61. The molecule has 2 bridgehead atoms. The first-order valence-electron chi connectivity index (χ1n) is 6.81. The molecule has 0 aromatic heterocycles. The Balaban J connectivity index is 2.05. The van der Waals surface area contributed by atoms with E-state index in [1.165, 1.54) is 6.42 Å². The van der Waals surface area contributed by atoms with Crippen molar-refractivity contribution >= 4 is 11.7 Å². The third-order valence-corrected chi connectivity index (χ3v) is 5.70. The van der Waals surface area contributed by atoms with Crippen LogP contribution in [-0.2, 0) is 9.53 Å². The van der Waals surface area contributed by atoms with Crippen LogP contribution in [0.15, 0.2) is 17.6 Å². The lowest BCUT2D eigenvalue weighted by Gasteiger charge is -2.36. The van der Waals surface area contributed by atoms with Crippen LogP contribution < -0.4 is 0 Å². The second kappa shape index (κ2) is 3.46. The van der Waals surface area contributed by atoms with Crippen LogP contribution in [0.4, 0.5) is 0 Å². The van der Waals surface area contributed by atoms with E-state index in [9.17, 15) is 4.79 Å². The molecule has 0 aromatic rings. The van der Waals surface area contributed by atoms with Crippen LogP contribution in [0.25, 0.3) is 0 Å². The third kappa shape index (κ3) is 1.20. The van der Waals surface area contributed by atoms with Crippen molar-refractivity contribution < 1.29 is 9.53 Å². The van der Waals surface area contributed by atoms with Gasteiger partial charge >= 0.3 is 5.97 Å². The van der Waals surface area contributed by atoms with Gasteiger partial charge in [0, 0.05) is 11.3 Å². The van der Waals surface area contributed by atoms with E-state index in [1.807, 2.05) is 0 Å². The average Bonchev–Trinajstić information content (AvgIpc) is 2.61. The number of carbonyl (C=O) groups excluding carboxylic acids is 1. The lowest BCUT2D eigenvalue weighted by molar-refractivity contribution is -0.151. The van der Waals surface area contributed by atoms with Gasteiger partial charge in [0.05, 0.1) is 5.71 Å². The van der Waals surface area contributed by atoms with E-state index in [-0.39, 0.29) is 28.9 Å². The van der Waals surface area contributed by atoms with E-state index in [0.717, 1.165) is 12.1 Å². The summed E-state index contributed by atoms with van der Waals surface area (Å²) in [6, 6.07) is -0.360. The van der Waals surface area contributed by atoms with Crippen LogP contribution in [0, 0.1) is 16.7 Å². The predicted octanol–water partition coefficient (Wildman–Crippen LogP) is 2.75. The van der Waals surface area contributed by atoms with Gasteiger partial charge in [0.2, 0.25) is 0 Å². The maximum absolute atomic E-state index is 11.9. The second-order valence-electron chi connectivity index (χ2n) is 6.61. The molecule has 0 amide bonds. The Morgan fingerprint density at radius 1 is 1.50 bits per heavy atom. The topological polar surface area (TPSA) is 38.7 Å².